The Bertz CT molecular complexity index is 791. The molecule has 0 bridgehead atoms. The first kappa shape index (κ1) is 19.5. The van der Waals surface area contributed by atoms with Crippen molar-refractivity contribution in [2.45, 2.75) is 22.5 Å². The molecule has 0 spiro atoms. The maximum absolute atomic E-state index is 12.6. The van der Waals surface area contributed by atoms with Gasteiger partial charge in [-0.05, 0) is 12.5 Å². The number of nitrogens with zero attached hydrogens (tertiary/aromatic N) is 1. The van der Waals surface area contributed by atoms with Gasteiger partial charge in [0.05, 0.1) is 11.3 Å². The first-order valence-corrected chi connectivity index (χ1v) is 9.73. The minimum Gasteiger partial charge on any atom is -0.456 e. The maximum atomic E-state index is 12.6. The highest BCUT2D eigenvalue weighted by Crippen LogP contribution is 2.54. The number of hydrogen-bond acceptors (Lipinski definition) is 5. The lowest BCUT2D eigenvalue weighted by molar-refractivity contribution is -0.154. The van der Waals surface area contributed by atoms with Crippen molar-refractivity contribution < 1.29 is 19.1 Å². The Kier molecular flexibility index (Phi) is 5.58. The molecule has 0 unspecified atom stereocenters. The minimum atomic E-state index is -1.75. The van der Waals surface area contributed by atoms with Crippen LogP contribution in [0.15, 0.2) is 36.0 Å². The van der Waals surface area contributed by atoms with Gasteiger partial charge in [0.1, 0.15) is 18.1 Å². The zero-order chi connectivity index (χ0) is 19.1. The zero-order valence-corrected chi connectivity index (χ0v) is 16.7. The molecule has 0 aromatic heterocycles. The molecule has 2 atom stereocenters. The molecule has 2 aliphatic rings. The van der Waals surface area contributed by atoms with E-state index in [0.29, 0.717) is 4.91 Å². The minimum absolute atomic E-state index is 0.0721. The van der Waals surface area contributed by atoms with Gasteiger partial charge in [-0.3, -0.25) is 9.69 Å². The van der Waals surface area contributed by atoms with E-state index in [4.69, 9.17) is 39.5 Å². The molecule has 3 rings (SSSR count). The van der Waals surface area contributed by atoms with Crippen LogP contribution in [-0.2, 0) is 19.1 Å². The van der Waals surface area contributed by atoms with Gasteiger partial charge in [-0.1, -0.05) is 76.9 Å². The first-order chi connectivity index (χ1) is 12.2. The highest BCUT2D eigenvalue weighted by atomic mass is 35.6. The molecule has 1 aromatic carbocycles. The summed E-state index contributed by atoms with van der Waals surface area (Å²) < 4.78 is 3.35. The third-order valence-electron chi connectivity index (χ3n) is 3.95. The summed E-state index contributed by atoms with van der Waals surface area (Å²) in [6.07, 6.45) is 0.144. The van der Waals surface area contributed by atoms with Crippen LogP contribution >= 0.6 is 46.6 Å². The number of hydrogen-bond donors (Lipinski definition) is 0. The van der Waals surface area contributed by atoms with E-state index in [1.807, 2.05) is 30.3 Å². The van der Waals surface area contributed by atoms with Crippen molar-refractivity contribution in [3.05, 3.63) is 41.6 Å². The Balaban J connectivity index is 1.91. The molecule has 0 aliphatic carbocycles. The van der Waals surface area contributed by atoms with Crippen LogP contribution in [0, 0.1) is 5.92 Å². The smallest absolute Gasteiger partial charge is 0.356 e. The Hall–Kier alpha value is -1.21. The average Bonchev–Trinajstić information content (AvgIpc) is 2.94. The second kappa shape index (κ2) is 7.43. The van der Waals surface area contributed by atoms with Crippen LogP contribution in [0.25, 0.3) is 4.91 Å². The van der Waals surface area contributed by atoms with E-state index in [1.165, 1.54) is 23.6 Å². The van der Waals surface area contributed by atoms with E-state index >= 15 is 0 Å². The van der Waals surface area contributed by atoms with Crippen molar-refractivity contribution in [2.24, 2.45) is 5.92 Å². The molecular weight excluding hydrogens is 421 g/mol. The number of benzene rings is 1. The van der Waals surface area contributed by atoms with Crippen molar-refractivity contribution in [1.82, 2.24) is 4.90 Å². The molecule has 138 valence electrons. The highest BCUT2D eigenvalue weighted by molar-refractivity contribution is 8.09. The molecular formula is C17H14Cl3NO4S. The van der Waals surface area contributed by atoms with Crippen molar-refractivity contribution in [1.29, 1.82) is 0 Å². The van der Waals surface area contributed by atoms with Crippen molar-refractivity contribution in [2.75, 3.05) is 6.61 Å². The summed E-state index contributed by atoms with van der Waals surface area (Å²) >= 11 is 18.3. The van der Waals surface area contributed by atoms with E-state index in [9.17, 15) is 14.4 Å². The molecule has 1 fully saturated rings. The summed E-state index contributed by atoms with van der Waals surface area (Å²) in [4.78, 5) is 38.5. The lowest BCUT2D eigenvalue weighted by Gasteiger charge is -2.42. The van der Waals surface area contributed by atoms with Crippen LogP contribution in [0.3, 0.4) is 0 Å². The van der Waals surface area contributed by atoms with Gasteiger partial charge in [0, 0.05) is 11.3 Å². The molecule has 0 radical (unpaired) electrons. The molecule has 1 amide bonds. The SMILES string of the molecule is CC(=O)C[C@@H]1C(=O)N2C(C(=O)OCC(Cl)(Cl)Cl)=C(c3ccccc3)S[C@H]12. The standard InChI is InChI=1S/C17H14Cl3NO4S/c1-9(22)7-11-14(23)21-12(16(24)25-8-17(18,19)20)13(26-15(11)21)10-5-3-2-4-6-10/h2-6,11,15H,7-8H2,1H3/t11-,15-/m1/s1. The number of carbonyl (C=O) groups excluding carboxylic acids is 3. The van der Waals surface area contributed by atoms with Gasteiger partial charge in [0.25, 0.3) is 0 Å². The number of rotatable bonds is 5. The number of ether oxygens (including phenoxy) is 1. The van der Waals surface area contributed by atoms with Crippen LogP contribution in [0.1, 0.15) is 18.9 Å². The second-order valence-electron chi connectivity index (χ2n) is 5.96. The number of esters is 1. The molecule has 2 heterocycles. The number of carbonyl (C=O) groups is 3. The number of alkyl halides is 3. The van der Waals surface area contributed by atoms with Gasteiger partial charge in [0.15, 0.2) is 0 Å². The van der Waals surface area contributed by atoms with Crippen LogP contribution in [0.5, 0.6) is 0 Å². The molecule has 0 saturated carbocycles. The molecule has 9 heteroatoms. The predicted octanol–water partition coefficient (Wildman–Crippen LogP) is 3.78. The van der Waals surface area contributed by atoms with Crippen molar-refractivity contribution in [3.8, 4) is 0 Å². The fraction of sp³-hybridized carbons (Fsp3) is 0.353. The van der Waals surface area contributed by atoms with Gasteiger partial charge in [-0.25, -0.2) is 4.79 Å². The second-order valence-corrected chi connectivity index (χ2v) is 9.61. The molecule has 2 aliphatic heterocycles. The normalized spacial score (nSPS) is 22.2. The zero-order valence-electron chi connectivity index (χ0n) is 13.6. The summed E-state index contributed by atoms with van der Waals surface area (Å²) in [5.41, 5.74) is 0.910. The average molecular weight is 435 g/mol. The molecule has 0 N–H and O–H groups in total. The topological polar surface area (TPSA) is 63.7 Å². The third kappa shape index (κ3) is 3.88. The van der Waals surface area contributed by atoms with Gasteiger partial charge < -0.3 is 9.53 Å². The lowest BCUT2D eigenvalue weighted by atomic mass is 9.92. The molecule has 1 aromatic rings. The number of halogens is 3. The summed E-state index contributed by atoms with van der Waals surface area (Å²) in [6, 6.07) is 9.18. The Labute approximate surface area is 169 Å². The van der Waals surface area contributed by atoms with E-state index in [2.05, 4.69) is 0 Å². The van der Waals surface area contributed by atoms with E-state index in [0.717, 1.165) is 5.56 Å². The number of β-lactam (4-membered cyclic amide) rings is 1. The maximum Gasteiger partial charge on any atom is 0.356 e. The molecule has 26 heavy (non-hydrogen) atoms. The fourth-order valence-corrected chi connectivity index (χ4v) is 4.54. The molecule has 1 saturated heterocycles. The third-order valence-corrected chi connectivity index (χ3v) is 5.72. The van der Waals surface area contributed by atoms with Gasteiger partial charge in [-0.15, -0.1) is 0 Å². The summed E-state index contributed by atoms with van der Waals surface area (Å²) in [5.74, 6) is -1.53. The predicted molar refractivity (Wildman–Crippen MR) is 102 cm³/mol. The quantitative estimate of drug-likeness (QED) is 0.401. The van der Waals surface area contributed by atoms with Crippen molar-refractivity contribution >= 4 is 69.1 Å². The van der Waals surface area contributed by atoms with Gasteiger partial charge in [-0.2, -0.15) is 0 Å². The number of amides is 1. The van der Waals surface area contributed by atoms with Crippen LogP contribution < -0.4 is 0 Å². The van der Waals surface area contributed by atoms with E-state index < -0.39 is 22.3 Å². The lowest BCUT2D eigenvalue weighted by Crippen LogP contribution is -2.57. The van der Waals surface area contributed by atoms with E-state index in [-0.39, 0.29) is 29.2 Å². The number of ketones is 1. The summed E-state index contributed by atoms with van der Waals surface area (Å²) in [7, 11) is 0. The van der Waals surface area contributed by atoms with Crippen LogP contribution in [-0.4, -0.2) is 38.3 Å². The number of thioether (sulfide) groups is 1. The number of Topliss-reactive ketones (excluding diaryl/α,β-unsaturated/α-hetero) is 1. The number of fused-ring (bicyclic) bond motifs is 1. The van der Waals surface area contributed by atoms with Gasteiger partial charge in [0.2, 0.25) is 9.70 Å². The van der Waals surface area contributed by atoms with E-state index in [1.54, 1.807) is 0 Å². The Morgan fingerprint density at radius 3 is 2.46 bits per heavy atom. The van der Waals surface area contributed by atoms with Crippen LogP contribution in [0.2, 0.25) is 0 Å². The van der Waals surface area contributed by atoms with Gasteiger partial charge >= 0.3 is 5.97 Å². The van der Waals surface area contributed by atoms with Crippen LogP contribution in [0.4, 0.5) is 0 Å². The fourth-order valence-electron chi connectivity index (χ4n) is 2.88. The molecule has 5 nitrogen and oxygen atoms in total. The largest absolute Gasteiger partial charge is 0.456 e. The highest BCUT2D eigenvalue weighted by Gasteiger charge is 2.56. The monoisotopic (exact) mass is 433 g/mol. The summed E-state index contributed by atoms with van der Waals surface area (Å²) in [5, 5.41) is -0.308. The Morgan fingerprint density at radius 2 is 1.88 bits per heavy atom. The van der Waals surface area contributed by atoms with Crippen molar-refractivity contribution in [3.63, 3.8) is 0 Å². The summed E-state index contributed by atoms with van der Waals surface area (Å²) in [6.45, 7) is 1.01. The first-order valence-electron chi connectivity index (χ1n) is 7.72. The Morgan fingerprint density at radius 1 is 1.23 bits per heavy atom.